The first kappa shape index (κ1) is 51.5. The predicted octanol–water partition coefficient (Wildman–Crippen LogP) is 20.3. The number of benzene rings is 9. The molecule has 0 aliphatic rings. The van der Waals surface area contributed by atoms with Crippen LogP contribution in [0.4, 0.5) is 0 Å². The van der Waals surface area contributed by atoms with Gasteiger partial charge in [-0.05, 0) is 155 Å². The van der Waals surface area contributed by atoms with Crippen molar-refractivity contribution in [2.75, 3.05) is 0 Å². The molecule has 386 valence electrons. The summed E-state index contributed by atoms with van der Waals surface area (Å²) in [5, 5.41) is 12.8. The number of rotatable bonds is 11. The van der Waals surface area contributed by atoms with E-state index in [2.05, 4.69) is 286 Å². The number of para-hydroxylation sites is 1. The Morgan fingerprint density at radius 2 is 0.859 bits per heavy atom. The van der Waals surface area contributed by atoms with Crippen LogP contribution in [-0.4, -0.2) is 19.6 Å². The number of phenols is 1. The molecule has 0 saturated heterocycles. The van der Waals surface area contributed by atoms with Gasteiger partial charge in [0.25, 0.3) is 0 Å². The molecule has 4 nitrogen and oxygen atoms in total. The number of nitrogens with zero attached hydrogens (tertiary/aromatic N) is 3. The van der Waals surface area contributed by atoms with Crippen LogP contribution in [0.5, 0.6) is 5.75 Å². The van der Waals surface area contributed by atoms with E-state index < -0.39 is 0 Å². The van der Waals surface area contributed by atoms with Gasteiger partial charge >= 0.3 is 0 Å². The van der Waals surface area contributed by atoms with Crippen LogP contribution in [0.15, 0.2) is 219 Å². The minimum atomic E-state index is -0.349. The van der Waals surface area contributed by atoms with Crippen molar-refractivity contribution in [3.8, 4) is 101 Å². The van der Waals surface area contributed by atoms with Crippen LogP contribution in [0.2, 0.25) is 0 Å². The zero-order chi connectivity index (χ0) is 54.5. The third-order valence-corrected chi connectivity index (χ3v) is 15.4. The van der Waals surface area contributed by atoms with Gasteiger partial charge in [0, 0.05) is 22.9 Å². The summed E-state index contributed by atoms with van der Waals surface area (Å²) in [7, 11) is 0. The Bertz CT molecular complexity index is 3920. The monoisotopic (exact) mass is 1020 g/mol. The van der Waals surface area contributed by atoms with Gasteiger partial charge in [0.15, 0.2) is 0 Å². The fourth-order valence-corrected chi connectivity index (χ4v) is 11.0. The molecule has 11 rings (SSSR count). The number of phenolic OH excluding ortho intramolecular Hbond substituents is 1. The van der Waals surface area contributed by atoms with Crippen molar-refractivity contribution >= 4 is 11.0 Å². The average molecular weight is 1020 g/mol. The summed E-state index contributed by atoms with van der Waals surface area (Å²) in [6.45, 7) is 22.5. The molecule has 0 radical (unpaired) electrons. The highest BCUT2D eigenvalue weighted by Crippen LogP contribution is 2.47. The van der Waals surface area contributed by atoms with Crippen molar-refractivity contribution in [3.63, 3.8) is 0 Å². The highest BCUT2D eigenvalue weighted by atomic mass is 16.3. The summed E-state index contributed by atoms with van der Waals surface area (Å²) in [6.07, 6.45) is 1.93. The second kappa shape index (κ2) is 20.7. The maximum atomic E-state index is 12.8. The van der Waals surface area contributed by atoms with Crippen LogP contribution >= 0.6 is 0 Å². The molecule has 0 atom stereocenters. The lowest BCUT2D eigenvalue weighted by atomic mass is 9.78. The topological polar surface area (TPSA) is 50.9 Å². The first-order valence-corrected chi connectivity index (χ1v) is 27.6. The normalized spacial score (nSPS) is 12.0. The molecule has 1 N–H and O–H groups in total. The summed E-state index contributed by atoms with van der Waals surface area (Å²) in [4.78, 5) is 10.9. The lowest BCUT2D eigenvalue weighted by Gasteiger charge is -2.28. The maximum absolute atomic E-state index is 12.8. The van der Waals surface area contributed by atoms with E-state index in [0.29, 0.717) is 5.82 Å². The van der Waals surface area contributed by atoms with Crippen molar-refractivity contribution in [3.05, 3.63) is 241 Å². The van der Waals surface area contributed by atoms with Crippen molar-refractivity contribution in [2.24, 2.45) is 0 Å². The van der Waals surface area contributed by atoms with Gasteiger partial charge in [-0.2, -0.15) is 0 Å². The lowest BCUT2D eigenvalue weighted by Crippen LogP contribution is -2.17. The summed E-state index contributed by atoms with van der Waals surface area (Å²) in [5.41, 5.74) is 22.9. The van der Waals surface area contributed by atoms with E-state index >= 15 is 0 Å². The van der Waals surface area contributed by atoms with E-state index in [9.17, 15) is 5.11 Å². The van der Waals surface area contributed by atoms with Gasteiger partial charge in [-0.25, -0.2) is 4.98 Å². The number of pyridine rings is 1. The Morgan fingerprint density at radius 1 is 0.397 bits per heavy atom. The molecule has 4 heteroatoms. The van der Waals surface area contributed by atoms with Gasteiger partial charge in [0.1, 0.15) is 11.6 Å². The Morgan fingerprint density at radius 3 is 1.37 bits per heavy atom. The molecule has 2 heterocycles. The first-order chi connectivity index (χ1) is 37.5. The van der Waals surface area contributed by atoms with Gasteiger partial charge < -0.3 is 5.11 Å². The van der Waals surface area contributed by atoms with Crippen molar-refractivity contribution < 1.29 is 5.11 Å². The predicted molar refractivity (Wildman–Crippen MR) is 330 cm³/mol. The van der Waals surface area contributed by atoms with Gasteiger partial charge in [0.2, 0.25) is 0 Å². The summed E-state index contributed by atoms with van der Waals surface area (Å²) >= 11 is 0. The highest BCUT2D eigenvalue weighted by Gasteiger charge is 2.31. The Hall–Kier alpha value is -8.60. The molecule has 0 spiro atoms. The summed E-state index contributed by atoms with van der Waals surface area (Å²) in [6, 6.07) is 76.4. The average Bonchev–Trinajstić information content (AvgIpc) is 3.93. The molecule has 9 aromatic carbocycles. The molecular weight excluding hydrogens is 947 g/mol. The Kier molecular flexibility index (Phi) is 13.7. The number of hydrogen-bond donors (Lipinski definition) is 1. The fraction of sp³-hybridized carbons (Fsp3) is 0.189. The Labute approximate surface area is 461 Å². The fourth-order valence-electron chi connectivity index (χ4n) is 11.0. The quantitative estimate of drug-likeness (QED) is 0.140. The van der Waals surface area contributed by atoms with Crippen LogP contribution in [0.1, 0.15) is 103 Å². The van der Waals surface area contributed by atoms with Crippen LogP contribution in [0, 0.1) is 0 Å². The number of hydrogen-bond acceptors (Lipinski definition) is 3. The molecular formula is C74H69N3O. The van der Waals surface area contributed by atoms with Crippen LogP contribution in [-0.2, 0) is 10.8 Å². The van der Waals surface area contributed by atoms with Crippen LogP contribution in [0.25, 0.3) is 106 Å². The van der Waals surface area contributed by atoms with E-state index in [1.807, 2.05) is 6.20 Å². The van der Waals surface area contributed by atoms with Crippen LogP contribution < -0.4 is 0 Å². The summed E-state index contributed by atoms with van der Waals surface area (Å²) in [5.74, 6) is 1.29. The van der Waals surface area contributed by atoms with Gasteiger partial charge in [-0.3, -0.25) is 9.55 Å². The van der Waals surface area contributed by atoms with E-state index in [1.54, 1.807) is 0 Å². The Balaban J connectivity index is 1.17. The SMILES string of the molecule is CC(C)c1cc(-c2ccccc2)cc(C(C)C)c1-n1c(-c2cc(C(C)(C)C)cc(C(C)(C)C)c2O)nc2c(-c3cc(-c4ccc(-c5ccccc5)cc4)cc(-c4cc(-c5ccc(-c6ccccc6)cc5)ccn4)c3)cccc21. The second-order valence-electron chi connectivity index (χ2n) is 23.7. The molecule has 2 aromatic heterocycles. The number of imidazole rings is 1. The molecule has 0 bridgehead atoms. The summed E-state index contributed by atoms with van der Waals surface area (Å²) < 4.78 is 2.38. The molecule has 11 aromatic rings. The number of aromatic nitrogens is 3. The molecule has 0 aliphatic heterocycles. The van der Waals surface area contributed by atoms with E-state index in [-0.39, 0.29) is 28.4 Å². The molecule has 78 heavy (non-hydrogen) atoms. The zero-order valence-corrected chi connectivity index (χ0v) is 46.7. The third kappa shape index (κ3) is 10.1. The third-order valence-electron chi connectivity index (χ3n) is 15.4. The molecule has 0 amide bonds. The van der Waals surface area contributed by atoms with Gasteiger partial charge in [-0.1, -0.05) is 227 Å². The van der Waals surface area contributed by atoms with Gasteiger partial charge in [0.05, 0.1) is 28.0 Å². The largest absolute Gasteiger partial charge is 0.507 e. The molecule has 0 fully saturated rings. The van der Waals surface area contributed by atoms with Crippen molar-refractivity contribution in [1.29, 1.82) is 0 Å². The van der Waals surface area contributed by atoms with Crippen LogP contribution in [0.3, 0.4) is 0 Å². The van der Waals surface area contributed by atoms with Crippen molar-refractivity contribution in [1.82, 2.24) is 14.5 Å². The van der Waals surface area contributed by atoms with E-state index in [1.165, 1.54) is 38.9 Å². The molecule has 0 unspecified atom stereocenters. The first-order valence-electron chi connectivity index (χ1n) is 27.6. The van der Waals surface area contributed by atoms with Gasteiger partial charge in [-0.15, -0.1) is 0 Å². The standard InChI is InChI=1S/C74H69N3O/c1-47(2)63-42-58(51-25-18-13-19-26-51)43-64(48(3)4)70(63)77-68-28-20-27-62(69(68)76-72(77)65-45-61(73(5,6)7)46-66(71(65)78)74(8,9)10)59-39-57(55-35-31-53(32-36-55)50-23-16-12-17-24-50)40-60(41-59)67-44-56(37-38-75-67)54-33-29-52(30-34-54)49-21-14-11-15-22-49/h11-48,78H,1-10H3. The van der Waals surface area contributed by atoms with Crippen molar-refractivity contribution in [2.45, 2.75) is 91.9 Å². The smallest absolute Gasteiger partial charge is 0.149 e. The minimum Gasteiger partial charge on any atom is -0.507 e. The molecule has 0 aliphatic carbocycles. The lowest BCUT2D eigenvalue weighted by molar-refractivity contribution is 0.446. The van der Waals surface area contributed by atoms with E-state index in [4.69, 9.17) is 9.97 Å². The maximum Gasteiger partial charge on any atom is 0.149 e. The zero-order valence-electron chi connectivity index (χ0n) is 46.7. The minimum absolute atomic E-state index is 0.159. The second-order valence-corrected chi connectivity index (χ2v) is 23.7. The highest BCUT2D eigenvalue weighted by molar-refractivity contribution is 5.98. The number of fused-ring (bicyclic) bond motifs is 1. The van der Waals surface area contributed by atoms with E-state index in [0.717, 1.165) is 83.6 Å². The molecule has 0 saturated carbocycles. The number of aromatic hydroxyl groups is 1.